The fraction of sp³-hybridized carbons (Fsp3) is 0.451. The van der Waals surface area contributed by atoms with E-state index in [0.29, 0.717) is 47.3 Å². The summed E-state index contributed by atoms with van der Waals surface area (Å²) in [5.41, 5.74) is 36.0. The Morgan fingerprint density at radius 3 is 0.735 bits per heavy atom. The Kier molecular flexibility index (Phi) is 23.6. The van der Waals surface area contributed by atoms with Gasteiger partial charge in [-0.15, -0.1) is 0 Å². The van der Waals surface area contributed by atoms with Crippen molar-refractivity contribution in [3.8, 4) is 89.0 Å². The van der Waals surface area contributed by atoms with Crippen molar-refractivity contribution < 1.29 is 0 Å². The van der Waals surface area contributed by atoms with Crippen LogP contribution in [-0.2, 0) is 21.7 Å². The molecule has 0 heterocycles. The first-order chi connectivity index (χ1) is 54.8. The van der Waals surface area contributed by atoms with Crippen molar-refractivity contribution in [2.45, 2.75) is 281 Å². The van der Waals surface area contributed by atoms with Gasteiger partial charge in [0.1, 0.15) is 0 Å². The quantitative estimate of drug-likeness (QED) is 0.0353. The van der Waals surface area contributed by atoms with Gasteiger partial charge in [0.05, 0.1) is 0 Å². The maximum absolute atomic E-state index is 2.77. The Labute approximate surface area is 684 Å². The first kappa shape index (κ1) is 80.1. The molecule has 8 atom stereocenters. The monoisotopic (exact) mass is 1490 g/mol. The van der Waals surface area contributed by atoms with Gasteiger partial charge in [-0.3, -0.25) is 0 Å². The minimum absolute atomic E-state index is 0.00977. The van der Waals surface area contributed by atoms with E-state index in [-0.39, 0.29) is 21.7 Å². The molecule has 0 spiro atoms. The highest BCUT2D eigenvalue weighted by molar-refractivity contribution is 6.15. The van der Waals surface area contributed by atoms with E-state index in [1.54, 1.807) is 44.5 Å². The van der Waals surface area contributed by atoms with Crippen LogP contribution < -0.4 is 0 Å². The van der Waals surface area contributed by atoms with Crippen LogP contribution in [0.3, 0.4) is 0 Å². The molecule has 4 aliphatic rings. The van der Waals surface area contributed by atoms with Gasteiger partial charge in [0.15, 0.2) is 0 Å². The van der Waals surface area contributed by atoms with Crippen LogP contribution in [0.5, 0.6) is 0 Å². The largest absolute Gasteiger partial charge is 0.0654 e. The number of hydrogen-bond donors (Lipinski definition) is 0. The van der Waals surface area contributed by atoms with E-state index in [0.717, 1.165) is 51.4 Å². The van der Waals surface area contributed by atoms with Crippen molar-refractivity contribution in [1.82, 2.24) is 0 Å². The third-order valence-electron chi connectivity index (χ3n) is 30.6. The zero-order valence-corrected chi connectivity index (χ0v) is 72.7. The summed E-state index contributed by atoms with van der Waals surface area (Å²) in [6.07, 6.45) is 26.3. The number of benzene rings is 11. The zero-order chi connectivity index (χ0) is 79.3. The molecule has 0 saturated heterocycles. The standard InChI is InChI=1S/C113H136/c1-18-28-36-80(26-9)71-113(72-81(27-10)37-29-19-2)107-63-87(49-56-97(107)98-57-50-88(64-108(98)113)109-99-41-32-30-38-89(99)79(17)90-39-31-33-42-100(90)109)86-48-55-96-95-54-47-85(61-105(95)112(106(96)62-86,69-77(15)24-7)70-78(16)25-8)84-46-53-94-93-52-45-83(59-103(93)111(104(94)60-84,67-75(13)22-5)68-76(14)23-6)82-44-51-92-91-40-34-35-43-101(91)110(102(92)58-82,65-73(11)20-3)66-74(12)21-4/h30-35,38-64,73-78,80-81H,18-29,36-37,65-72H2,1-17H3. The highest BCUT2D eigenvalue weighted by Gasteiger charge is 2.50. The smallest absolute Gasteiger partial charge is 0.0220 e. The lowest BCUT2D eigenvalue weighted by Gasteiger charge is -2.39. The molecule has 113 heavy (non-hydrogen) atoms. The Morgan fingerprint density at radius 2 is 0.460 bits per heavy atom. The van der Waals surface area contributed by atoms with Crippen molar-refractivity contribution in [2.24, 2.45) is 47.3 Å². The average Bonchev–Trinajstić information content (AvgIpc) is 1.56. The fourth-order valence-electron chi connectivity index (χ4n) is 23.2. The lowest BCUT2D eigenvalue weighted by Crippen LogP contribution is -2.31. The molecule has 588 valence electrons. The van der Waals surface area contributed by atoms with E-state index in [2.05, 4.69) is 318 Å². The molecule has 0 heteroatoms. The van der Waals surface area contributed by atoms with Crippen LogP contribution in [0.1, 0.15) is 302 Å². The Bertz CT molecular complexity index is 5140. The number of rotatable bonds is 34. The Hall–Kier alpha value is -8.06. The first-order valence-corrected chi connectivity index (χ1v) is 45.9. The summed E-state index contributed by atoms with van der Waals surface area (Å²) in [5, 5.41) is 5.43. The molecule has 0 aliphatic heterocycles. The number of hydrogen-bond acceptors (Lipinski definition) is 0. The molecule has 0 aromatic heterocycles. The molecule has 0 N–H and O–H groups in total. The second-order valence-corrected chi connectivity index (χ2v) is 37.8. The molecule has 0 amide bonds. The summed E-state index contributed by atoms with van der Waals surface area (Å²) in [7, 11) is 0. The van der Waals surface area contributed by atoms with E-state index >= 15 is 0 Å². The second-order valence-electron chi connectivity index (χ2n) is 37.8. The lowest BCUT2D eigenvalue weighted by atomic mass is 9.64. The van der Waals surface area contributed by atoms with E-state index in [1.165, 1.54) is 206 Å². The highest BCUT2D eigenvalue weighted by atomic mass is 14.5. The molecule has 11 aromatic rings. The van der Waals surface area contributed by atoms with Gasteiger partial charge in [-0.1, -0.05) is 358 Å². The second kappa shape index (κ2) is 33.3. The predicted octanol–water partition coefficient (Wildman–Crippen LogP) is 33.9. The molecule has 0 nitrogen and oxygen atoms in total. The molecule has 8 unspecified atom stereocenters. The number of aryl methyl sites for hydroxylation is 1. The minimum atomic E-state index is -0.164. The molecule has 15 rings (SSSR count). The maximum Gasteiger partial charge on any atom is 0.0220 e. The van der Waals surface area contributed by atoms with Gasteiger partial charge in [-0.25, -0.2) is 0 Å². The fourth-order valence-corrected chi connectivity index (χ4v) is 23.2. The van der Waals surface area contributed by atoms with Crippen LogP contribution in [-0.4, -0.2) is 0 Å². The molecule has 0 bridgehead atoms. The summed E-state index contributed by atoms with van der Waals surface area (Å²) in [4.78, 5) is 0. The highest BCUT2D eigenvalue weighted by Crippen LogP contribution is 2.63. The van der Waals surface area contributed by atoms with E-state index < -0.39 is 0 Å². The topological polar surface area (TPSA) is 0 Å². The Morgan fingerprint density at radius 1 is 0.230 bits per heavy atom. The Balaban J connectivity index is 0.860. The molecule has 0 fully saturated rings. The van der Waals surface area contributed by atoms with Crippen molar-refractivity contribution in [1.29, 1.82) is 0 Å². The van der Waals surface area contributed by atoms with E-state index in [4.69, 9.17) is 0 Å². The summed E-state index contributed by atoms with van der Waals surface area (Å²) < 4.78 is 0. The number of fused-ring (bicyclic) bond motifs is 14. The van der Waals surface area contributed by atoms with Gasteiger partial charge >= 0.3 is 0 Å². The van der Waals surface area contributed by atoms with Gasteiger partial charge in [0.2, 0.25) is 0 Å². The maximum atomic E-state index is 2.77. The zero-order valence-electron chi connectivity index (χ0n) is 72.7. The summed E-state index contributed by atoms with van der Waals surface area (Å²) in [5.74, 6) is 4.68. The molecular formula is C113H136. The summed E-state index contributed by atoms with van der Waals surface area (Å²) in [6, 6.07) is 82.7. The van der Waals surface area contributed by atoms with Crippen LogP contribution in [0, 0.1) is 54.3 Å². The third-order valence-corrected chi connectivity index (χ3v) is 30.6. The van der Waals surface area contributed by atoms with Crippen LogP contribution in [0.4, 0.5) is 0 Å². The molecule has 4 aliphatic carbocycles. The van der Waals surface area contributed by atoms with E-state index in [9.17, 15) is 0 Å². The SMILES string of the molecule is CCCCC(CC)CC1(CC(CC)CCCC)c2cc(-c3ccc4c(c3)C(CC(C)CC)(CC(C)CC)c3cc(-c5ccc6c(c5)C(CC(C)CC)(CC(C)CC)c5cc(-c7ccc8c(c7)C(CC(C)CC)(CC(C)CC)c7ccccc7-8)ccc5-6)ccc3-4)ccc2-c2ccc(-c3c4ccccc4c(C)c4ccccc34)cc21. The van der Waals surface area contributed by atoms with Crippen molar-refractivity contribution in [2.75, 3.05) is 0 Å². The third kappa shape index (κ3) is 14.2. The van der Waals surface area contributed by atoms with Gasteiger partial charge in [-0.2, -0.15) is 0 Å². The van der Waals surface area contributed by atoms with Crippen molar-refractivity contribution in [3.05, 3.63) is 250 Å². The van der Waals surface area contributed by atoms with Crippen LogP contribution in [0.25, 0.3) is 111 Å². The van der Waals surface area contributed by atoms with Crippen LogP contribution in [0.15, 0.2) is 200 Å². The number of unbranched alkanes of at least 4 members (excludes halogenated alkanes) is 2. The van der Waals surface area contributed by atoms with Gasteiger partial charge in [0, 0.05) is 21.7 Å². The van der Waals surface area contributed by atoms with Crippen LogP contribution in [0.2, 0.25) is 0 Å². The predicted molar refractivity (Wildman–Crippen MR) is 493 cm³/mol. The lowest BCUT2D eigenvalue weighted by molar-refractivity contribution is 0.266. The van der Waals surface area contributed by atoms with E-state index in [1.807, 2.05) is 0 Å². The van der Waals surface area contributed by atoms with Crippen molar-refractivity contribution >= 4 is 21.5 Å². The molecular weight excluding hydrogens is 1360 g/mol. The van der Waals surface area contributed by atoms with Crippen LogP contribution >= 0.6 is 0 Å². The van der Waals surface area contributed by atoms with Gasteiger partial charge < -0.3 is 0 Å². The summed E-state index contributed by atoms with van der Waals surface area (Å²) >= 11 is 0. The van der Waals surface area contributed by atoms with Crippen molar-refractivity contribution in [3.63, 3.8) is 0 Å². The first-order valence-electron chi connectivity index (χ1n) is 45.9. The summed E-state index contributed by atoms with van der Waals surface area (Å²) in [6.45, 7) is 41.9. The average molecular weight is 1490 g/mol. The molecule has 0 radical (unpaired) electrons. The van der Waals surface area contributed by atoms with Gasteiger partial charge in [0.25, 0.3) is 0 Å². The minimum Gasteiger partial charge on any atom is -0.0654 e. The molecule has 11 aromatic carbocycles. The molecule has 0 saturated carbocycles. The van der Waals surface area contributed by atoms with Gasteiger partial charge in [-0.05, 0) is 309 Å². The normalized spacial score (nSPS) is 20.4.